The lowest BCUT2D eigenvalue weighted by atomic mass is 9.86. The van der Waals surface area contributed by atoms with E-state index in [0.29, 0.717) is 5.75 Å². The number of ether oxygens (including phenoxy) is 1. The largest absolute Gasteiger partial charge is 0.481 e. The fourth-order valence-electron chi connectivity index (χ4n) is 1.68. The molecular formula is C15H20FNO4. The summed E-state index contributed by atoms with van der Waals surface area (Å²) < 4.78 is 18.1. The molecule has 1 amide bonds. The van der Waals surface area contributed by atoms with Crippen molar-refractivity contribution in [3.63, 3.8) is 0 Å². The minimum Gasteiger partial charge on any atom is -0.481 e. The lowest BCUT2D eigenvalue weighted by Gasteiger charge is -2.28. The Hall–Kier alpha value is -2.11. The Bertz CT molecular complexity index is 507. The number of rotatable bonds is 5. The fourth-order valence-corrected chi connectivity index (χ4v) is 1.68. The van der Waals surface area contributed by atoms with Gasteiger partial charge in [-0.3, -0.25) is 4.79 Å². The minimum atomic E-state index is -1.11. The molecule has 0 heterocycles. The van der Waals surface area contributed by atoms with Gasteiger partial charge in [-0.1, -0.05) is 20.8 Å². The summed E-state index contributed by atoms with van der Waals surface area (Å²) in [6.45, 7) is 6.66. The van der Waals surface area contributed by atoms with Crippen LogP contribution < -0.4 is 10.1 Å². The molecule has 0 aliphatic rings. The highest BCUT2D eigenvalue weighted by Crippen LogP contribution is 2.20. The van der Waals surface area contributed by atoms with Gasteiger partial charge in [-0.25, -0.2) is 9.18 Å². The molecule has 5 nitrogen and oxygen atoms in total. The summed E-state index contributed by atoms with van der Waals surface area (Å²) in [4.78, 5) is 23.2. The minimum absolute atomic E-state index is 0.335. The summed E-state index contributed by atoms with van der Waals surface area (Å²) in [6.07, 6.45) is -0.889. The number of carbonyl (C=O) groups is 2. The molecule has 1 aromatic rings. The van der Waals surface area contributed by atoms with E-state index >= 15 is 0 Å². The Kier molecular flexibility index (Phi) is 5.29. The van der Waals surface area contributed by atoms with Crippen LogP contribution in [0.1, 0.15) is 27.7 Å². The lowest BCUT2D eigenvalue weighted by molar-refractivity contribution is -0.146. The molecule has 116 valence electrons. The van der Waals surface area contributed by atoms with Crippen LogP contribution in [0.5, 0.6) is 5.75 Å². The fraction of sp³-hybridized carbons (Fsp3) is 0.467. The summed E-state index contributed by atoms with van der Waals surface area (Å²) in [5.41, 5.74) is -0.628. The number of nitrogens with one attached hydrogen (secondary N) is 1. The molecule has 0 aliphatic heterocycles. The van der Waals surface area contributed by atoms with Gasteiger partial charge >= 0.3 is 5.97 Å². The number of carboxylic acid groups (broad SMARTS) is 1. The Balaban J connectivity index is 2.69. The summed E-state index contributed by atoms with van der Waals surface area (Å²) in [6, 6.07) is 4.21. The third kappa shape index (κ3) is 5.06. The van der Waals surface area contributed by atoms with E-state index in [-0.39, 0.29) is 0 Å². The second-order valence-corrected chi connectivity index (χ2v) is 5.86. The topological polar surface area (TPSA) is 75.6 Å². The van der Waals surface area contributed by atoms with Crippen molar-refractivity contribution < 1.29 is 23.8 Å². The number of carbonyl (C=O) groups excluding carboxylic acids is 1. The van der Waals surface area contributed by atoms with Gasteiger partial charge in [0, 0.05) is 0 Å². The zero-order chi connectivity index (χ0) is 16.2. The SMILES string of the molecule is CC(Oc1ccc(F)cc1)C(=O)N[C@@H](C(=O)O)C(C)(C)C. The molecular weight excluding hydrogens is 277 g/mol. The Morgan fingerprint density at radius 2 is 1.76 bits per heavy atom. The second-order valence-electron chi connectivity index (χ2n) is 5.86. The Labute approximate surface area is 123 Å². The Morgan fingerprint density at radius 3 is 2.19 bits per heavy atom. The highest BCUT2D eigenvalue weighted by Gasteiger charge is 2.33. The van der Waals surface area contributed by atoms with Gasteiger partial charge < -0.3 is 15.2 Å². The predicted octanol–water partition coefficient (Wildman–Crippen LogP) is 2.21. The zero-order valence-corrected chi connectivity index (χ0v) is 12.5. The number of benzene rings is 1. The molecule has 2 atom stereocenters. The summed E-state index contributed by atoms with van der Waals surface area (Å²) in [5.74, 6) is -1.72. The highest BCUT2D eigenvalue weighted by atomic mass is 19.1. The zero-order valence-electron chi connectivity index (χ0n) is 12.5. The van der Waals surface area contributed by atoms with Crippen LogP contribution >= 0.6 is 0 Å². The van der Waals surface area contributed by atoms with Gasteiger partial charge in [0.25, 0.3) is 5.91 Å². The molecule has 1 unspecified atom stereocenters. The monoisotopic (exact) mass is 297 g/mol. The third-order valence-electron chi connectivity index (χ3n) is 2.90. The standard InChI is InChI=1S/C15H20FNO4/c1-9(21-11-7-5-10(16)6-8-11)13(18)17-12(14(19)20)15(2,3)4/h5-9,12H,1-4H3,(H,17,18)(H,19,20)/t9?,12-/m0/s1. The van der Waals surface area contributed by atoms with Crippen molar-refractivity contribution in [2.24, 2.45) is 5.41 Å². The van der Waals surface area contributed by atoms with E-state index in [9.17, 15) is 14.0 Å². The first-order valence-electron chi connectivity index (χ1n) is 6.56. The first-order chi connectivity index (χ1) is 9.61. The first-order valence-corrected chi connectivity index (χ1v) is 6.56. The highest BCUT2D eigenvalue weighted by molar-refractivity contribution is 5.86. The van der Waals surface area contributed by atoms with Crippen molar-refractivity contribution >= 4 is 11.9 Å². The molecule has 0 bridgehead atoms. The number of amides is 1. The maximum absolute atomic E-state index is 12.8. The first kappa shape index (κ1) is 16.9. The maximum Gasteiger partial charge on any atom is 0.326 e. The number of halogens is 1. The van der Waals surface area contributed by atoms with E-state index in [4.69, 9.17) is 9.84 Å². The van der Waals surface area contributed by atoms with Gasteiger partial charge in [-0.15, -0.1) is 0 Å². The van der Waals surface area contributed by atoms with E-state index in [1.807, 2.05) is 0 Å². The number of aliphatic carboxylic acids is 1. The molecule has 0 saturated heterocycles. The van der Waals surface area contributed by atoms with Crippen molar-refractivity contribution in [2.75, 3.05) is 0 Å². The summed E-state index contributed by atoms with van der Waals surface area (Å²) >= 11 is 0. The summed E-state index contributed by atoms with van der Waals surface area (Å²) in [7, 11) is 0. The van der Waals surface area contributed by atoms with Crippen LogP contribution in [0.4, 0.5) is 4.39 Å². The van der Waals surface area contributed by atoms with Gasteiger partial charge in [-0.05, 0) is 36.6 Å². The molecule has 0 radical (unpaired) electrons. The van der Waals surface area contributed by atoms with Crippen molar-refractivity contribution in [2.45, 2.75) is 39.8 Å². The van der Waals surface area contributed by atoms with Crippen LogP contribution in [0.15, 0.2) is 24.3 Å². The summed E-state index contributed by atoms with van der Waals surface area (Å²) in [5, 5.41) is 11.6. The number of carboxylic acids is 1. The van der Waals surface area contributed by atoms with Crippen molar-refractivity contribution in [1.82, 2.24) is 5.32 Å². The average Bonchev–Trinajstić information content (AvgIpc) is 2.36. The normalized spacial score (nSPS) is 14.1. The quantitative estimate of drug-likeness (QED) is 0.873. The van der Waals surface area contributed by atoms with Gasteiger partial charge in [-0.2, -0.15) is 0 Å². The van der Waals surface area contributed by atoms with E-state index < -0.39 is 35.3 Å². The van der Waals surface area contributed by atoms with Gasteiger partial charge in [0.2, 0.25) is 0 Å². The van der Waals surface area contributed by atoms with Crippen molar-refractivity contribution in [1.29, 1.82) is 0 Å². The van der Waals surface area contributed by atoms with E-state index in [2.05, 4.69) is 5.32 Å². The molecule has 0 aliphatic carbocycles. The Morgan fingerprint density at radius 1 is 1.24 bits per heavy atom. The van der Waals surface area contributed by atoms with E-state index in [1.165, 1.54) is 31.2 Å². The molecule has 0 saturated carbocycles. The molecule has 1 rings (SSSR count). The van der Waals surface area contributed by atoms with Crippen LogP contribution in [0, 0.1) is 11.2 Å². The molecule has 0 fully saturated rings. The predicted molar refractivity (Wildman–Crippen MR) is 75.5 cm³/mol. The molecule has 0 spiro atoms. The number of hydrogen-bond donors (Lipinski definition) is 2. The molecule has 1 aromatic carbocycles. The smallest absolute Gasteiger partial charge is 0.326 e. The van der Waals surface area contributed by atoms with Crippen molar-refractivity contribution in [3.05, 3.63) is 30.1 Å². The van der Waals surface area contributed by atoms with Crippen LogP contribution in [0.25, 0.3) is 0 Å². The van der Waals surface area contributed by atoms with Crippen molar-refractivity contribution in [3.8, 4) is 5.75 Å². The molecule has 2 N–H and O–H groups in total. The third-order valence-corrected chi connectivity index (χ3v) is 2.90. The van der Waals surface area contributed by atoms with Crippen LogP contribution in [0.3, 0.4) is 0 Å². The molecule has 6 heteroatoms. The lowest BCUT2D eigenvalue weighted by Crippen LogP contribution is -2.52. The second kappa shape index (κ2) is 6.56. The molecule has 21 heavy (non-hydrogen) atoms. The van der Waals surface area contributed by atoms with Crippen LogP contribution in [-0.4, -0.2) is 29.1 Å². The van der Waals surface area contributed by atoms with Gasteiger partial charge in [0.1, 0.15) is 17.6 Å². The van der Waals surface area contributed by atoms with Gasteiger partial charge in [0.15, 0.2) is 6.10 Å². The number of hydrogen-bond acceptors (Lipinski definition) is 3. The molecule has 0 aromatic heterocycles. The van der Waals surface area contributed by atoms with Crippen LogP contribution in [-0.2, 0) is 9.59 Å². The maximum atomic E-state index is 12.8. The van der Waals surface area contributed by atoms with E-state index in [0.717, 1.165) is 0 Å². The van der Waals surface area contributed by atoms with Crippen LogP contribution in [0.2, 0.25) is 0 Å². The average molecular weight is 297 g/mol. The van der Waals surface area contributed by atoms with Gasteiger partial charge in [0.05, 0.1) is 0 Å². The van der Waals surface area contributed by atoms with E-state index in [1.54, 1.807) is 20.8 Å².